The Kier molecular flexibility index (Phi) is 4.53. The maximum absolute atomic E-state index is 12.0. The minimum Gasteiger partial charge on any atom is -0.335 e. The first kappa shape index (κ1) is 14.8. The van der Waals surface area contributed by atoms with Crippen molar-refractivity contribution in [2.45, 2.75) is 32.4 Å². The van der Waals surface area contributed by atoms with Crippen LogP contribution in [0.25, 0.3) is 10.9 Å². The number of amides is 2. The number of aromatic nitrogens is 1. The van der Waals surface area contributed by atoms with Gasteiger partial charge in [0.1, 0.15) is 0 Å². The third-order valence-corrected chi connectivity index (χ3v) is 4.18. The van der Waals surface area contributed by atoms with Gasteiger partial charge in [0.2, 0.25) is 0 Å². The molecule has 2 aromatic rings. The summed E-state index contributed by atoms with van der Waals surface area (Å²) < 4.78 is 0. The number of rotatable bonds is 3. The molecule has 5 nitrogen and oxygen atoms in total. The van der Waals surface area contributed by atoms with Gasteiger partial charge in [-0.2, -0.15) is 0 Å². The van der Waals surface area contributed by atoms with Crippen molar-refractivity contribution in [3.63, 3.8) is 0 Å². The minimum absolute atomic E-state index is 0.0930. The molecule has 116 valence electrons. The van der Waals surface area contributed by atoms with E-state index in [0.29, 0.717) is 6.54 Å². The van der Waals surface area contributed by atoms with Gasteiger partial charge in [0.15, 0.2) is 0 Å². The van der Waals surface area contributed by atoms with E-state index in [-0.39, 0.29) is 12.1 Å². The number of benzene rings is 1. The second kappa shape index (κ2) is 6.75. The van der Waals surface area contributed by atoms with Gasteiger partial charge in [0, 0.05) is 24.2 Å². The Morgan fingerprint density at radius 1 is 1.32 bits per heavy atom. The predicted octanol–water partition coefficient (Wildman–Crippen LogP) is 2.09. The zero-order chi connectivity index (χ0) is 15.4. The molecule has 0 unspecified atom stereocenters. The Balaban J connectivity index is 1.64. The van der Waals surface area contributed by atoms with E-state index >= 15 is 0 Å². The van der Waals surface area contributed by atoms with Gasteiger partial charge in [-0.15, -0.1) is 0 Å². The van der Waals surface area contributed by atoms with Gasteiger partial charge in [0.25, 0.3) is 0 Å². The summed E-state index contributed by atoms with van der Waals surface area (Å²) in [6, 6.07) is 8.28. The second-order valence-electron chi connectivity index (χ2n) is 5.79. The van der Waals surface area contributed by atoms with Crippen molar-refractivity contribution in [1.29, 1.82) is 0 Å². The SMILES string of the molecule is Cc1ccc(CNC(=O)NC2CCNCC2)c2cccnc12. The number of hydrogen-bond acceptors (Lipinski definition) is 3. The summed E-state index contributed by atoms with van der Waals surface area (Å²) in [5.74, 6) is 0. The number of nitrogens with zero attached hydrogens (tertiary/aromatic N) is 1. The van der Waals surface area contributed by atoms with E-state index in [1.807, 2.05) is 6.07 Å². The molecule has 0 saturated carbocycles. The maximum Gasteiger partial charge on any atom is 0.315 e. The van der Waals surface area contributed by atoms with Crippen LogP contribution in [-0.4, -0.2) is 30.1 Å². The lowest BCUT2D eigenvalue weighted by Gasteiger charge is -2.23. The number of carbonyl (C=O) groups excluding carboxylic acids is 1. The van der Waals surface area contributed by atoms with E-state index in [9.17, 15) is 4.79 Å². The third kappa shape index (κ3) is 3.36. The van der Waals surface area contributed by atoms with E-state index in [1.54, 1.807) is 6.20 Å². The number of urea groups is 1. The van der Waals surface area contributed by atoms with Crippen molar-refractivity contribution in [2.75, 3.05) is 13.1 Å². The molecule has 0 aliphatic carbocycles. The molecule has 1 fully saturated rings. The normalized spacial score (nSPS) is 15.7. The fourth-order valence-electron chi connectivity index (χ4n) is 2.91. The van der Waals surface area contributed by atoms with Crippen LogP contribution in [0, 0.1) is 6.92 Å². The molecule has 5 heteroatoms. The van der Waals surface area contributed by atoms with Gasteiger partial charge in [-0.05, 0) is 50.0 Å². The number of pyridine rings is 1. The molecule has 1 aliphatic heterocycles. The van der Waals surface area contributed by atoms with E-state index in [4.69, 9.17) is 0 Å². The highest BCUT2D eigenvalue weighted by Gasteiger charge is 2.15. The number of aryl methyl sites for hydroxylation is 1. The molecule has 2 amide bonds. The lowest BCUT2D eigenvalue weighted by Crippen LogP contribution is -2.46. The molecule has 3 N–H and O–H groups in total. The quantitative estimate of drug-likeness (QED) is 0.813. The molecule has 1 aromatic heterocycles. The number of piperidine rings is 1. The molecule has 0 bridgehead atoms. The lowest BCUT2D eigenvalue weighted by molar-refractivity contribution is 0.233. The van der Waals surface area contributed by atoms with Crippen molar-refractivity contribution in [3.8, 4) is 0 Å². The number of nitrogens with one attached hydrogen (secondary N) is 3. The summed E-state index contributed by atoms with van der Waals surface area (Å²) in [7, 11) is 0. The van der Waals surface area contributed by atoms with E-state index in [2.05, 4.69) is 46.1 Å². The van der Waals surface area contributed by atoms with Crippen LogP contribution in [0.3, 0.4) is 0 Å². The Morgan fingerprint density at radius 2 is 2.14 bits per heavy atom. The summed E-state index contributed by atoms with van der Waals surface area (Å²) >= 11 is 0. The fourth-order valence-corrected chi connectivity index (χ4v) is 2.91. The van der Waals surface area contributed by atoms with Gasteiger partial charge in [-0.25, -0.2) is 4.79 Å². The fraction of sp³-hybridized carbons (Fsp3) is 0.412. The standard InChI is InChI=1S/C17H22N4O/c1-12-4-5-13(15-3-2-8-19-16(12)15)11-20-17(22)21-14-6-9-18-10-7-14/h2-5,8,14,18H,6-7,9-11H2,1H3,(H2,20,21,22). The largest absolute Gasteiger partial charge is 0.335 e. The van der Waals surface area contributed by atoms with Gasteiger partial charge >= 0.3 is 6.03 Å². The van der Waals surface area contributed by atoms with E-state index in [0.717, 1.165) is 48.0 Å². The Hall–Kier alpha value is -2.14. The van der Waals surface area contributed by atoms with Crippen molar-refractivity contribution < 1.29 is 4.79 Å². The number of hydrogen-bond donors (Lipinski definition) is 3. The van der Waals surface area contributed by atoms with Crippen LogP contribution in [0.4, 0.5) is 4.79 Å². The molecule has 3 rings (SSSR count). The summed E-state index contributed by atoms with van der Waals surface area (Å²) in [4.78, 5) is 16.5. The molecule has 22 heavy (non-hydrogen) atoms. The van der Waals surface area contributed by atoms with E-state index in [1.165, 1.54) is 0 Å². The van der Waals surface area contributed by atoms with Gasteiger partial charge < -0.3 is 16.0 Å². The van der Waals surface area contributed by atoms with Crippen LogP contribution in [0.2, 0.25) is 0 Å². The highest BCUT2D eigenvalue weighted by molar-refractivity contribution is 5.85. The van der Waals surface area contributed by atoms with Crippen LogP contribution < -0.4 is 16.0 Å². The molecule has 1 aromatic carbocycles. The number of carbonyl (C=O) groups is 1. The molecule has 0 spiro atoms. The minimum atomic E-state index is -0.0930. The Labute approximate surface area is 130 Å². The predicted molar refractivity (Wildman–Crippen MR) is 87.7 cm³/mol. The van der Waals surface area contributed by atoms with Gasteiger partial charge in [-0.3, -0.25) is 4.98 Å². The summed E-state index contributed by atoms with van der Waals surface area (Å²) in [5.41, 5.74) is 3.24. The van der Waals surface area contributed by atoms with Crippen LogP contribution in [0.1, 0.15) is 24.0 Å². The molecule has 0 radical (unpaired) electrons. The smallest absolute Gasteiger partial charge is 0.315 e. The van der Waals surface area contributed by atoms with Crippen molar-refractivity contribution in [3.05, 3.63) is 41.6 Å². The van der Waals surface area contributed by atoms with Gasteiger partial charge in [-0.1, -0.05) is 18.2 Å². The average molecular weight is 298 g/mol. The maximum atomic E-state index is 12.0. The molecule has 1 aliphatic rings. The van der Waals surface area contributed by atoms with Crippen LogP contribution >= 0.6 is 0 Å². The van der Waals surface area contributed by atoms with Crippen molar-refractivity contribution in [2.24, 2.45) is 0 Å². The Morgan fingerprint density at radius 3 is 2.95 bits per heavy atom. The van der Waals surface area contributed by atoms with Gasteiger partial charge in [0.05, 0.1) is 5.52 Å². The first-order valence-corrected chi connectivity index (χ1v) is 7.82. The zero-order valence-electron chi connectivity index (χ0n) is 12.9. The zero-order valence-corrected chi connectivity index (χ0v) is 12.9. The summed E-state index contributed by atoms with van der Waals surface area (Å²) in [5, 5.41) is 10.4. The van der Waals surface area contributed by atoms with E-state index < -0.39 is 0 Å². The van der Waals surface area contributed by atoms with Crippen LogP contribution in [-0.2, 0) is 6.54 Å². The highest BCUT2D eigenvalue weighted by Crippen LogP contribution is 2.20. The summed E-state index contributed by atoms with van der Waals surface area (Å²) in [6.07, 6.45) is 3.78. The molecular formula is C17H22N4O. The first-order chi connectivity index (χ1) is 10.7. The first-order valence-electron chi connectivity index (χ1n) is 7.82. The average Bonchev–Trinajstić information content (AvgIpc) is 2.55. The number of fused-ring (bicyclic) bond motifs is 1. The molecule has 1 saturated heterocycles. The lowest BCUT2D eigenvalue weighted by atomic mass is 10.0. The monoisotopic (exact) mass is 298 g/mol. The second-order valence-corrected chi connectivity index (χ2v) is 5.79. The molecular weight excluding hydrogens is 276 g/mol. The van der Waals surface area contributed by atoms with Crippen LogP contribution in [0.5, 0.6) is 0 Å². The third-order valence-electron chi connectivity index (χ3n) is 4.18. The van der Waals surface area contributed by atoms with Crippen molar-refractivity contribution >= 4 is 16.9 Å². The highest BCUT2D eigenvalue weighted by atomic mass is 16.2. The molecule has 0 atom stereocenters. The summed E-state index contributed by atoms with van der Waals surface area (Å²) in [6.45, 7) is 4.51. The molecule has 2 heterocycles. The van der Waals surface area contributed by atoms with Crippen molar-refractivity contribution in [1.82, 2.24) is 20.9 Å². The Bertz CT molecular complexity index is 665. The van der Waals surface area contributed by atoms with Crippen LogP contribution in [0.15, 0.2) is 30.5 Å². The topological polar surface area (TPSA) is 66.1 Å².